The highest BCUT2D eigenvalue weighted by molar-refractivity contribution is 5.45. The maximum atomic E-state index is 5.58. The summed E-state index contributed by atoms with van der Waals surface area (Å²) in [5.74, 6) is 1.66. The van der Waals surface area contributed by atoms with Gasteiger partial charge in [0.1, 0.15) is 13.2 Å². The van der Waals surface area contributed by atoms with E-state index in [9.17, 15) is 0 Å². The van der Waals surface area contributed by atoms with Crippen LogP contribution in [0.2, 0.25) is 0 Å². The maximum absolute atomic E-state index is 5.58. The average molecular weight is 233 g/mol. The molecule has 0 radical (unpaired) electrons. The smallest absolute Gasteiger partial charge is 0.161 e. The molecule has 1 aromatic carbocycles. The molecule has 0 bridgehead atoms. The van der Waals surface area contributed by atoms with Crippen LogP contribution in [-0.2, 0) is 0 Å². The normalized spacial score (nSPS) is 15.4. The van der Waals surface area contributed by atoms with E-state index < -0.39 is 0 Å². The highest BCUT2D eigenvalue weighted by atomic mass is 16.6. The molecular weight excluding hydrogens is 214 g/mol. The topological polar surface area (TPSA) is 30.5 Å². The maximum Gasteiger partial charge on any atom is 0.161 e. The number of fused-ring (bicyclic) bond motifs is 1. The lowest BCUT2D eigenvalue weighted by molar-refractivity contribution is 0.171. The van der Waals surface area contributed by atoms with E-state index in [0.29, 0.717) is 13.2 Å². The van der Waals surface area contributed by atoms with Crippen molar-refractivity contribution in [3.8, 4) is 11.5 Å². The fourth-order valence-electron chi connectivity index (χ4n) is 1.89. The molecule has 0 aromatic heterocycles. The first-order valence-corrected chi connectivity index (χ1v) is 6.10. The molecule has 2 rings (SSSR count). The quantitative estimate of drug-likeness (QED) is 0.793. The molecule has 92 valence electrons. The number of hydrogen-bond donors (Lipinski definition) is 1. The van der Waals surface area contributed by atoms with Crippen molar-refractivity contribution in [2.45, 2.75) is 19.4 Å². The fourth-order valence-corrected chi connectivity index (χ4v) is 1.89. The molecule has 0 fully saturated rings. The first-order chi connectivity index (χ1) is 8.35. The van der Waals surface area contributed by atoms with Crippen molar-refractivity contribution in [2.75, 3.05) is 19.8 Å². The lowest BCUT2D eigenvalue weighted by Crippen LogP contribution is -2.21. The van der Waals surface area contributed by atoms with Crippen LogP contribution in [0.4, 0.5) is 0 Å². The summed E-state index contributed by atoms with van der Waals surface area (Å²) in [5, 5.41) is 3.43. The van der Waals surface area contributed by atoms with E-state index in [2.05, 4.69) is 24.9 Å². The minimum absolute atomic E-state index is 0.172. The monoisotopic (exact) mass is 233 g/mol. The zero-order chi connectivity index (χ0) is 12.1. The zero-order valence-corrected chi connectivity index (χ0v) is 10.2. The van der Waals surface area contributed by atoms with E-state index in [1.54, 1.807) is 0 Å². The summed E-state index contributed by atoms with van der Waals surface area (Å²) in [5.41, 5.74) is 1.16. The molecule has 0 saturated heterocycles. The van der Waals surface area contributed by atoms with Crippen LogP contribution in [0.5, 0.6) is 11.5 Å². The summed E-state index contributed by atoms with van der Waals surface area (Å²) in [6.07, 6.45) is 3.02. The van der Waals surface area contributed by atoms with Gasteiger partial charge in [0.05, 0.1) is 6.04 Å². The van der Waals surface area contributed by atoms with E-state index >= 15 is 0 Å². The van der Waals surface area contributed by atoms with Crippen LogP contribution in [0.1, 0.15) is 24.9 Å². The van der Waals surface area contributed by atoms with E-state index in [-0.39, 0.29) is 6.04 Å². The van der Waals surface area contributed by atoms with Crippen molar-refractivity contribution in [1.29, 1.82) is 0 Å². The van der Waals surface area contributed by atoms with Gasteiger partial charge >= 0.3 is 0 Å². The van der Waals surface area contributed by atoms with Gasteiger partial charge in [-0.15, -0.1) is 6.58 Å². The second kappa shape index (κ2) is 5.73. The van der Waals surface area contributed by atoms with Crippen molar-refractivity contribution in [3.63, 3.8) is 0 Å². The van der Waals surface area contributed by atoms with Crippen LogP contribution in [0.3, 0.4) is 0 Å². The van der Waals surface area contributed by atoms with Crippen LogP contribution in [-0.4, -0.2) is 19.8 Å². The third kappa shape index (κ3) is 2.80. The van der Waals surface area contributed by atoms with E-state index in [1.807, 2.05) is 18.2 Å². The van der Waals surface area contributed by atoms with Gasteiger partial charge in [-0.05, 0) is 30.7 Å². The Bertz CT molecular complexity index is 390. The summed E-state index contributed by atoms with van der Waals surface area (Å²) >= 11 is 0. The van der Waals surface area contributed by atoms with Gasteiger partial charge in [0.15, 0.2) is 11.5 Å². The summed E-state index contributed by atoms with van der Waals surface area (Å²) in [4.78, 5) is 0. The molecule has 1 N–H and O–H groups in total. The molecule has 17 heavy (non-hydrogen) atoms. The predicted molar refractivity (Wildman–Crippen MR) is 68.7 cm³/mol. The summed E-state index contributed by atoms with van der Waals surface area (Å²) in [7, 11) is 0. The van der Waals surface area contributed by atoms with Gasteiger partial charge in [0.2, 0.25) is 0 Å². The van der Waals surface area contributed by atoms with E-state index in [0.717, 1.165) is 30.0 Å². The molecule has 1 aliphatic rings. The third-order valence-electron chi connectivity index (χ3n) is 2.78. The first kappa shape index (κ1) is 12.0. The highest BCUT2D eigenvalue weighted by Gasteiger charge is 2.14. The minimum Gasteiger partial charge on any atom is -0.486 e. The number of nitrogens with one attached hydrogen (secondary N) is 1. The largest absolute Gasteiger partial charge is 0.486 e. The van der Waals surface area contributed by atoms with Gasteiger partial charge in [-0.2, -0.15) is 0 Å². The first-order valence-electron chi connectivity index (χ1n) is 6.10. The Labute approximate surface area is 102 Å². The number of rotatable bonds is 5. The van der Waals surface area contributed by atoms with Gasteiger partial charge in [0.25, 0.3) is 0 Å². The van der Waals surface area contributed by atoms with Crippen LogP contribution >= 0.6 is 0 Å². The van der Waals surface area contributed by atoms with Crippen molar-refractivity contribution >= 4 is 0 Å². The third-order valence-corrected chi connectivity index (χ3v) is 2.78. The van der Waals surface area contributed by atoms with Gasteiger partial charge in [-0.3, -0.25) is 0 Å². The lowest BCUT2D eigenvalue weighted by atomic mass is 10.1. The molecule has 1 aliphatic heterocycles. The molecule has 0 saturated carbocycles. The molecule has 0 aliphatic carbocycles. The lowest BCUT2D eigenvalue weighted by Gasteiger charge is -2.21. The molecular formula is C14H19NO2. The Morgan fingerprint density at radius 2 is 2.12 bits per heavy atom. The Hall–Kier alpha value is -1.48. The molecule has 1 heterocycles. The molecule has 0 spiro atoms. The highest BCUT2D eigenvalue weighted by Crippen LogP contribution is 2.32. The Morgan fingerprint density at radius 3 is 2.82 bits per heavy atom. The number of ether oxygens (including phenoxy) is 2. The molecule has 3 heteroatoms. The second-order valence-corrected chi connectivity index (χ2v) is 4.07. The zero-order valence-electron chi connectivity index (χ0n) is 10.2. The molecule has 3 nitrogen and oxygen atoms in total. The van der Waals surface area contributed by atoms with Gasteiger partial charge < -0.3 is 14.8 Å². The van der Waals surface area contributed by atoms with Crippen molar-refractivity contribution < 1.29 is 9.47 Å². The fraction of sp³-hybridized carbons (Fsp3) is 0.429. The molecule has 1 unspecified atom stereocenters. The standard InChI is InChI=1S/C14H19NO2/c1-3-7-15-12(4-2)11-5-6-13-14(10-11)17-9-8-16-13/h4-6,10,12,15H,2-3,7-9H2,1H3. The van der Waals surface area contributed by atoms with E-state index in [4.69, 9.17) is 9.47 Å². The number of benzene rings is 1. The van der Waals surface area contributed by atoms with Crippen molar-refractivity contribution in [2.24, 2.45) is 0 Å². The minimum atomic E-state index is 0.172. The predicted octanol–water partition coefficient (Wildman–Crippen LogP) is 2.68. The average Bonchev–Trinajstić information content (AvgIpc) is 2.39. The van der Waals surface area contributed by atoms with Crippen LogP contribution in [0, 0.1) is 0 Å². The summed E-state index contributed by atoms with van der Waals surface area (Å²) < 4.78 is 11.1. The van der Waals surface area contributed by atoms with Crippen LogP contribution in [0.25, 0.3) is 0 Å². The second-order valence-electron chi connectivity index (χ2n) is 4.07. The van der Waals surface area contributed by atoms with Crippen molar-refractivity contribution in [1.82, 2.24) is 5.32 Å². The molecule has 1 aromatic rings. The van der Waals surface area contributed by atoms with E-state index in [1.165, 1.54) is 0 Å². The number of hydrogen-bond acceptors (Lipinski definition) is 3. The van der Waals surface area contributed by atoms with Gasteiger partial charge in [-0.25, -0.2) is 0 Å². The van der Waals surface area contributed by atoms with Crippen molar-refractivity contribution in [3.05, 3.63) is 36.4 Å². The molecule has 1 atom stereocenters. The Balaban J connectivity index is 2.16. The van der Waals surface area contributed by atoms with Gasteiger partial charge in [-0.1, -0.05) is 19.1 Å². The van der Waals surface area contributed by atoms with Crippen LogP contribution in [0.15, 0.2) is 30.9 Å². The Kier molecular flexibility index (Phi) is 4.04. The van der Waals surface area contributed by atoms with Crippen LogP contribution < -0.4 is 14.8 Å². The Morgan fingerprint density at radius 1 is 1.35 bits per heavy atom. The SMILES string of the molecule is C=CC(NCCC)c1ccc2c(c1)OCCO2. The summed E-state index contributed by atoms with van der Waals surface area (Å²) in [6, 6.07) is 6.23. The molecule has 0 amide bonds. The summed E-state index contributed by atoms with van der Waals surface area (Å²) in [6.45, 7) is 8.25. The van der Waals surface area contributed by atoms with Gasteiger partial charge in [0, 0.05) is 0 Å².